The molecular formula is C15H30N2O2S. The van der Waals surface area contributed by atoms with Crippen molar-refractivity contribution in [1.29, 1.82) is 0 Å². The first kappa shape index (κ1) is 19.3. The lowest BCUT2D eigenvalue weighted by Crippen LogP contribution is -2.45. The minimum atomic E-state index is -0.649. The van der Waals surface area contributed by atoms with Gasteiger partial charge in [-0.3, -0.25) is 9.59 Å². The number of hydrogen-bond acceptors (Lipinski definition) is 3. The van der Waals surface area contributed by atoms with Gasteiger partial charge in [-0.05, 0) is 6.42 Å². The number of nitrogens with one attached hydrogen (secondary N) is 1. The number of amides is 2. The van der Waals surface area contributed by atoms with E-state index in [4.69, 9.17) is 5.73 Å². The van der Waals surface area contributed by atoms with Gasteiger partial charge in [0.05, 0.1) is 0 Å². The molecule has 0 saturated carbocycles. The van der Waals surface area contributed by atoms with Crippen LogP contribution in [0.25, 0.3) is 0 Å². The quantitative estimate of drug-likeness (QED) is 0.361. The van der Waals surface area contributed by atoms with Crippen molar-refractivity contribution in [3.8, 4) is 0 Å². The van der Waals surface area contributed by atoms with Crippen LogP contribution in [0.4, 0.5) is 0 Å². The Labute approximate surface area is 128 Å². The van der Waals surface area contributed by atoms with Gasteiger partial charge < -0.3 is 11.1 Å². The summed E-state index contributed by atoms with van der Waals surface area (Å²) in [4.78, 5) is 22.5. The standard InChI is InChI=1S/C15H30N2O2S/c1-2-3-4-5-6-7-8-9-10-11-14(18)17-13(12-20)15(16)19/h13,20H,2-12H2,1H3,(H2,16,19)(H,17,18)/t13-/m0/s1. The molecule has 2 amide bonds. The number of nitrogens with two attached hydrogens (primary N) is 1. The van der Waals surface area contributed by atoms with Gasteiger partial charge in [0.15, 0.2) is 0 Å². The Balaban J connectivity index is 3.41. The van der Waals surface area contributed by atoms with Crippen LogP contribution >= 0.6 is 12.6 Å². The van der Waals surface area contributed by atoms with Crippen LogP contribution in [0.3, 0.4) is 0 Å². The van der Waals surface area contributed by atoms with E-state index >= 15 is 0 Å². The van der Waals surface area contributed by atoms with E-state index in [1.165, 1.54) is 44.9 Å². The van der Waals surface area contributed by atoms with E-state index in [0.29, 0.717) is 6.42 Å². The summed E-state index contributed by atoms with van der Waals surface area (Å²) in [5, 5.41) is 2.60. The summed E-state index contributed by atoms with van der Waals surface area (Å²) in [5.41, 5.74) is 5.14. The molecular weight excluding hydrogens is 272 g/mol. The molecule has 118 valence electrons. The maximum atomic E-state index is 11.6. The Morgan fingerprint density at radius 1 is 1.00 bits per heavy atom. The molecule has 0 aliphatic rings. The molecule has 0 heterocycles. The number of thiol groups is 1. The monoisotopic (exact) mass is 302 g/mol. The van der Waals surface area contributed by atoms with Gasteiger partial charge in [0, 0.05) is 12.2 Å². The van der Waals surface area contributed by atoms with Crippen LogP contribution in [0.15, 0.2) is 0 Å². The second-order valence-corrected chi connectivity index (χ2v) is 5.65. The highest BCUT2D eigenvalue weighted by Crippen LogP contribution is 2.10. The highest BCUT2D eigenvalue weighted by molar-refractivity contribution is 7.80. The summed E-state index contributed by atoms with van der Waals surface area (Å²) in [7, 11) is 0. The van der Waals surface area contributed by atoms with Crippen molar-refractivity contribution in [1.82, 2.24) is 5.32 Å². The van der Waals surface area contributed by atoms with Crippen molar-refractivity contribution in [2.75, 3.05) is 5.75 Å². The SMILES string of the molecule is CCCCCCCCCCCC(=O)N[C@@H](CS)C(N)=O. The normalized spacial score (nSPS) is 12.1. The summed E-state index contributed by atoms with van der Waals surface area (Å²) in [6.45, 7) is 2.22. The zero-order chi connectivity index (χ0) is 15.2. The van der Waals surface area contributed by atoms with Gasteiger partial charge in [-0.25, -0.2) is 0 Å². The molecule has 0 fully saturated rings. The summed E-state index contributed by atoms with van der Waals surface area (Å²) in [5.74, 6) is -0.384. The minimum Gasteiger partial charge on any atom is -0.368 e. The topological polar surface area (TPSA) is 72.2 Å². The molecule has 0 aromatic heterocycles. The number of carbonyl (C=O) groups excluding carboxylic acids is 2. The summed E-state index contributed by atoms with van der Waals surface area (Å²) in [6.07, 6.45) is 11.5. The molecule has 4 nitrogen and oxygen atoms in total. The van der Waals surface area contributed by atoms with Gasteiger partial charge in [0.2, 0.25) is 11.8 Å². The second-order valence-electron chi connectivity index (χ2n) is 5.28. The van der Waals surface area contributed by atoms with E-state index in [0.717, 1.165) is 12.8 Å². The first-order chi connectivity index (χ1) is 9.61. The number of carbonyl (C=O) groups is 2. The van der Waals surface area contributed by atoms with Crippen LogP contribution in [0.1, 0.15) is 71.1 Å². The van der Waals surface area contributed by atoms with Gasteiger partial charge in [0.1, 0.15) is 6.04 Å². The number of primary amides is 1. The van der Waals surface area contributed by atoms with Gasteiger partial charge in [-0.1, -0.05) is 58.3 Å². The number of unbranched alkanes of at least 4 members (excludes halogenated alkanes) is 8. The molecule has 0 radical (unpaired) electrons. The van der Waals surface area contributed by atoms with Crippen LogP contribution in [0, 0.1) is 0 Å². The van der Waals surface area contributed by atoms with Crippen LogP contribution < -0.4 is 11.1 Å². The molecule has 0 spiro atoms. The molecule has 3 N–H and O–H groups in total. The van der Waals surface area contributed by atoms with Crippen molar-refractivity contribution in [3.63, 3.8) is 0 Å². The van der Waals surface area contributed by atoms with Crippen molar-refractivity contribution in [2.24, 2.45) is 5.73 Å². The highest BCUT2D eigenvalue weighted by Gasteiger charge is 2.15. The molecule has 0 aromatic carbocycles. The predicted octanol–water partition coefficient (Wildman–Crippen LogP) is 2.81. The van der Waals surface area contributed by atoms with E-state index < -0.39 is 11.9 Å². The van der Waals surface area contributed by atoms with Crippen LogP contribution in [-0.2, 0) is 9.59 Å². The Bertz CT molecular complexity index is 273. The highest BCUT2D eigenvalue weighted by atomic mass is 32.1. The number of rotatable bonds is 13. The van der Waals surface area contributed by atoms with Crippen LogP contribution in [-0.4, -0.2) is 23.6 Å². The molecule has 0 aliphatic carbocycles. The first-order valence-electron chi connectivity index (χ1n) is 7.81. The zero-order valence-corrected chi connectivity index (χ0v) is 13.6. The van der Waals surface area contributed by atoms with E-state index in [1.807, 2.05) is 0 Å². The third kappa shape index (κ3) is 11.1. The second kappa shape index (κ2) is 13.3. The molecule has 0 unspecified atom stereocenters. The molecule has 20 heavy (non-hydrogen) atoms. The summed E-state index contributed by atoms with van der Waals surface area (Å²) >= 11 is 3.99. The van der Waals surface area contributed by atoms with Gasteiger partial charge in [0.25, 0.3) is 0 Å². The predicted molar refractivity (Wildman–Crippen MR) is 86.8 cm³/mol. The third-order valence-electron chi connectivity index (χ3n) is 3.37. The minimum absolute atomic E-state index is 0.106. The fraction of sp³-hybridized carbons (Fsp3) is 0.867. The maximum absolute atomic E-state index is 11.6. The lowest BCUT2D eigenvalue weighted by Gasteiger charge is -2.12. The molecule has 0 bridgehead atoms. The lowest BCUT2D eigenvalue weighted by atomic mass is 10.1. The molecule has 1 atom stereocenters. The molecule has 0 saturated heterocycles. The largest absolute Gasteiger partial charge is 0.368 e. The molecule has 0 aliphatic heterocycles. The number of hydrogen-bond donors (Lipinski definition) is 3. The summed E-state index contributed by atoms with van der Waals surface area (Å²) in [6, 6.07) is -0.649. The average molecular weight is 302 g/mol. The van der Waals surface area contributed by atoms with Gasteiger partial charge in [-0.15, -0.1) is 0 Å². The fourth-order valence-electron chi connectivity index (χ4n) is 2.07. The summed E-state index contributed by atoms with van der Waals surface area (Å²) < 4.78 is 0. The van der Waals surface area contributed by atoms with Crippen molar-refractivity contribution in [3.05, 3.63) is 0 Å². The van der Waals surface area contributed by atoms with E-state index in [-0.39, 0.29) is 11.7 Å². The van der Waals surface area contributed by atoms with Crippen molar-refractivity contribution >= 4 is 24.4 Å². The first-order valence-corrected chi connectivity index (χ1v) is 8.44. The molecule has 0 rings (SSSR count). The Morgan fingerprint density at radius 3 is 1.95 bits per heavy atom. The van der Waals surface area contributed by atoms with E-state index in [2.05, 4.69) is 24.9 Å². The van der Waals surface area contributed by atoms with Crippen molar-refractivity contribution in [2.45, 2.75) is 77.2 Å². The Kier molecular flexibility index (Phi) is 12.8. The average Bonchev–Trinajstić information content (AvgIpc) is 2.42. The fourth-order valence-corrected chi connectivity index (χ4v) is 2.34. The van der Waals surface area contributed by atoms with Gasteiger partial charge >= 0.3 is 0 Å². The maximum Gasteiger partial charge on any atom is 0.240 e. The van der Waals surface area contributed by atoms with Crippen LogP contribution in [0.5, 0.6) is 0 Å². The molecule has 0 aromatic rings. The zero-order valence-electron chi connectivity index (χ0n) is 12.7. The smallest absolute Gasteiger partial charge is 0.240 e. The van der Waals surface area contributed by atoms with Gasteiger partial charge in [-0.2, -0.15) is 12.6 Å². The Morgan fingerprint density at radius 2 is 1.50 bits per heavy atom. The molecule has 5 heteroatoms. The third-order valence-corrected chi connectivity index (χ3v) is 3.73. The van der Waals surface area contributed by atoms with Crippen LogP contribution in [0.2, 0.25) is 0 Å². The Hall–Kier alpha value is -0.710. The van der Waals surface area contributed by atoms with Crippen molar-refractivity contribution < 1.29 is 9.59 Å². The lowest BCUT2D eigenvalue weighted by molar-refractivity contribution is -0.126. The van der Waals surface area contributed by atoms with E-state index in [1.54, 1.807) is 0 Å². The van der Waals surface area contributed by atoms with E-state index in [9.17, 15) is 9.59 Å².